The molecule has 118 valence electrons. The summed E-state index contributed by atoms with van der Waals surface area (Å²) in [4.78, 5) is 14.1. The summed E-state index contributed by atoms with van der Waals surface area (Å²) in [5.41, 5.74) is 7.94. The molecule has 3 rings (SSSR count). The third kappa shape index (κ3) is 4.94. The number of nitrogens with one attached hydrogen (secondary N) is 1. The monoisotopic (exact) mass is 340 g/mol. The molecule has 0 saturated carbocycles. The second-order valence-electron chi connectivity index (χ2n) is 4.45. The van der Waals surface area contributed by atoms with Gasteiger partial charge in [0.2, 0.25) is 5.89 Å². The maximum atomic E-state index is 10.2. The zero-order chi connectivity index (χ0) is 15.8. The second kappa shape index (κ2) is 8.67. The molecular formula is C14H17ClN4O2S. The predicted molar refractivity (Wildman–Crippen MR) is 88.8 cm³/mol. The van der Waals surface area contributed by atoms with Gasteiger partial charge in [0.25, 0.3) is 0 Å². The highest BCUT2D eigenvalue weighted by Crippen LogP contribution is 2.06. The molecule has 8 heteroatoms. The Morgan fingerprint density at radius 1 is 1.36 bits per heavy atom. The van der Waals surface area contributed by atoms with Crippen LogP contribution in [0.3, 0.4) is 0 Å². The van der Waals surface area contributed by atoms with Gasteiger partial charge in [0, 0.05) is 23.6 Å². The van der Waals surface area contributed by atoms with E-state index < -0.39 is 4.94 Å². The lowest BCUT2D eigenvalue weighted by molar-refractivity contribution is 0.487. The Morgan fingerprint density at radius 3 is 2.59 bits per heavy atom. The van der Waals surface area contributed by atoms with Crippen LogP contribution in [0.1, 0.15) is 17.0 Å². The fourth-order valence-electron chi connectivity index (χ4n) is 1.86. The second-order valence-corrected chi connectivity index (χ2v) is 5.42. The number of rotatable bonds is 4. The molecule has 1 aromatic carbocycles. The van der Waals surface area contributed by atoms with Gasteiger partial charge in [0.05, 0.1) is 6.54 Å². The Labute approximate surface area is 137 Å². The third-order valence-corrected chi connectivity index (χ3v) is 3.63. The summed E-state index contributed by atoms with van der Waals surface area (Å²) in [5.74, 6) is 1.48. The summed E-state index contributed by atoms with van der Waals surface area (Å²) in [6.07, 6.45) is 0.945. The van der Waals surface area contributed by atoms with Crippen LogP contribution in [0, 0.1) is 0 Å². The van der Waals surface area contributed by atoms with Crippen molar-refractivity contribution in [3.63, 3.8) is 0 Å². The highest BCUT2D eigenvalue weighted by molar-refractivity contribution is 7.02. The number of aromatic nitrogens is 1. The van der Waals surface area contributed by atoms with Gasteiger partial charge in [-0.05, 0) is 18.5 Å². The van der Waals surface area contributed by atoms with E-state index >= 15 is 0 Å². The molecule has 0 unspecified atom stereocenters. The minimum atomic E-state index is -0.402. The van der Waals surface area contributed by atoms with Gasteiger partial charge in [0.15, 0.2) is 0 Å². The van der Waals surface area contributed by atoms with E-state index in [2.05, 4.69) is 43.4 Å². The minimum absolute atomic E-state index is 0.165. The van der Waals surface area contributed by atoms with Gasteiger partial charge in [-0.1, -0.05) is 24.3 Å². The Morgan fingerprint density at radius 2 is 2.14 bits per heavy atom. The van der Waals surface area contributed by atoms with Crippen molar-refractivity contribution in [1.29, 1.82) is 0 Å². The molecule has 2 heterocycles. The van der Waals surface area contributed by atoms with Crippen LogP contribution >= 0.6 is 23.1 Å². The SMILES string of the molecule is NCCc1ccc(C2=NCCN2)cc1.O=c1oc(CCl)ns1. The zero-order valence-corrected chi connectivity index (χ0v) is 13.5. The van der Waals surface area contributed by atoms with E-state index in [0.717, 1.165) is 36.9 Å². The smallest absolute Gasteiger partial charge is 0.397 e. The minimum Gasteiger partial charge on any atom is -0.397 e. The largest absolute Gasteiger partial charge is 0.414 e. The summed E-state index contributed by atoms with van der Waals surface area (Å²) < 4.78 is 8.02. The van der Waals surface area contributed by atoms with Gasteiger partial charge in [-0.3, -0.25) is 4.99 Å². The highest BCUT2D eigenvalue weighted by Gasteiger charge is 2.06. The highest BCUT2D eigenvalue weighted by atomic mass is 35.5. The fourth-order valence-corrected chi connectivity index (χ4v) is 2.46. The number of halogens is 1. The standard InChI is InChI=1S/C11H15N3.C3H2ClNO2S/c12-6-5-9-1-3-10(4-2-9)11-13-7-8-14-11;4-1-2-5-8-3(6)7-2/h1-4H,5-8,12H2,(H,13,14);1H2. The number of hydrogen-bond acceptors (Lipinski definition) is 7. The van der Waals surface area contributed by atoms with Gasteiger partial charge in [0.1, 0.15) is 11.7 Å². The van der Waals surface area contributed by atoms with E-state index in [9.17, 15) is 4.79 Å². The van der Waals surface area contributed by atoms with Crippen LogP contribution in [0.4, 0.5) is 0 Å². The van der Waals surface area contributed by atoms with Crippen LogP contribution in [0.5, 0.6) is 0 Å². The Kier molecular flexibility index (Phi) is 6.57. The normalized spacial score (nSPS) is 13.1. The molecule has 6 nitrogen and oxygen atoms in total. The van der Waals surface area contributed by atoms with E-state index in [1.54, 1.807) is 0 Å². The van der Waals surface area contributed by atoms with E-state index in [-0.39, 0.29) is 5.88 Å². The van der Waals surface area contributed by atoms with Crippen molar-refractivity contribution in [2.75, 3.05) is 19.6 Å². The summed E-state index contributed by atoms with van der Waals surface area (Å²) in [6.45, 7) is 2.55. The summed E-state index contributed by atoms with van der Waals surface area (Å²) in [6, 6.07) is 8.43. The Balaban J connectivity index is 0.000000188. The average Bonchev–Trinajstić information content (AvgIpc) is 3.20. The molecule has 0 amide bonds. The molecule has 0 spiro atoms. The maximum Gasteiger partial charge on any atom is 0.414 e. The topological polar surface area (TPSA) is 93.5 Å². The average molecular weight is 341 g/mol. The van der Waals surface area contributed by atoms with E-state index in [4.69, 9.17) is 17.3 Å². The lowest BCUT2D eigenvalue weighted by Gasteiger charge is -2.03. The van der Waals surface area contributed by atoms with E-state index in [1.807, 2.05) is 0 Å². The number of benzene rings is 1. The zero-order valence-electron chi connectivity index (χ0n) is 11.9. The molecular weight excluding hydrogens is 324 g/mol. The Bertz CT molecular complexity index is 666. The van der Waals surface area contributed by atoms with Gasteiger partial charge >= 0.3 is 4.94 Å². The number of nitrogens with two attached hydrogens (primary N) is 1. The molecule has 0 radical (unpaired) electrons. The van der Waals surface area contributed by atoms with Crippen molar-refractivity contribution in [2.45, 2.75) is 12.3 Å². The number of aliphatic imine (C=N–C) groups is 1. The first-order valence-electron chi connectivity index (χ1n) is 6.82. The molecule has 0 bridgehead atoms. The number of hydrogen-bond donors (Lipinski definition) is 2. The first kappa shape index (κ1) is 16.7. The van der Waals surface area contributed by atoms with Crippen LogP contribution in [0.2, 0.25) is 0 Å². The van der Waals surface area contributed by atoms with Crippen molar-refractivity contribution in [3.8, 4) is 0 Å². The summed E-state index contributed by atoms with van der Waals surface area (Å²) in [5, 5.41) is 3.25. The molecule has 1 aromatic heterocycles. The first-order valence-corrected chi connectivity index (χ1v) is 8.13. The molecule has 1 aliphatic heterocycles. The number of nitrogens with zero attached hydrogens (tertiary/aromatic N) is 2. The van der Waals surface area contributed by atoms with Gasteiger partial charge in [-0.15, -0.1) is 11.6 Å². The quantitative estimate of drug-likeness (QED) is 0.820. The van der Waals surface area contributed by atoms with Gasteiger partial charge < -0.3 is 15.5 Å². The van der Waals surface area contributed by atoms with E-state index in [0.29, 0.717) is 12.4 Å². The third-order valence-electron chi connectivity index (χ3n) is 2.87. The van der Waals surface area contributed by atoms with Crippen molar-refractivity contribution in [2.24, 2.45) is 10.7 Å². The molecule has 3 N–H and O–H groups in total. The first-order chi connectivity index (χ1) is 10.7. The molecule has 0 fully saturated rings. The van der Waals surface area contributed by atoms with Crippen molar-refractivity contribution < 1.29 is 4.42 Å². The van der Waals surface area contributed by atoms with Crippen LogP contribution < -0.4 is 16.0 Å². The molecule has 0 aliphatic carbocycles. The molecule has 0 saturated heterocycles. The van der Waals surface area contributed by atoms with Gasteiger partial charge in [-0.2, -0.15) is 4.37 Å². The lowest BCUT2D eigenvalue weighted by Crippen LogP contribution is -2.19. The lowest BCUT2D eigenvalue weighted by atomic mass is 10.1. The van der Waals surface area contributed by atoms with Crippen molar-refractivity contribution >= 4 is 29.0 Å². The molecule has 22 heavy (non-hydrogen) atoms. The Hall–Kier alpha value is -1.70. The maximum absolute atomic E-state index is 10.2. The van der Waals surface area contributed by atoms with E-state index in [1.165, 1.54) is 11.1 Å². The summed E-state index contributed by atoms with van der Waals surface area (Å²) >= 11 is 6.02. The number of amidine groups is 1. The fraction of sp³-hybridized carbons (Fsp3) is 0.357. The van der Waals surface area contributed by atoms with Crippen LogP contribution in [0.15, 0.2) is 38.5 Å². The van der Waals surface area contributed by atoms with Crippen molar-refractivity contribution in [3.05, 3.63) is 51.0 Å². The molecule has 0 atom stereocenters. The van der Waals surface area contributed by atoms with Crippen molar-refractivity contribution in [1.82, 2.24) is 9.69 Å². The van der Waals surface area contributed by atoms with Crippen LogP contribution in [-0.4, -0.2) is 29.8 Å². The molecule has 2 aromatic rings. The van der Waals surface area contributed by atoms with Gasteiger partial charge in [-0.25, -0.2) is 4.79 Å². The van der Waals surface area contributed by atoms with Crippen LogP contribution in [-0.2, 0) is 12.3 Å². The number of alkyl halides is 1. The predicted octanol–water partition coefficient (Wildman–Crippen LogP) is 1.37. The summed E-state index contributed by atoms with van der Waals surface area (Å²) in [7, 11) is 0. The molecule has 1 aliphatic rings. The van der Waals surface area contributed by atoms with Crippen LogP contribution in [0.25, 0.3) is 0 Å².